The molecule has 436 valence electrons. The second kappa shape index (κ2) is 56.4. The molecule has 0 aromatic carbocycles. The summed E-state index contributed by atoms with van der Waals surface area (Å²) in [5.41, 5.74) is 0. The van der Waals surface area contributed by atoms with Crippen LogP contribution in [-0.2, 0) is 18.4 Å². The fourth-order valence-corrected chi connectivity index (χ4v) is 9.69. The number of allylic oxidation sites excluding steroid dienone is 13. The number of nitrogens with zero attached hydrogens (tertiary/aromatic N) is 1. The Morgan fingerprint density at radius 1 is 0.467 bits per heavy atom. The van der Waals surface area contributed by atoms with Gasteiger partial charge in [0.05, 0.1) is 39.9 Å². The molecule has 3 unspecified atom stereocenters. The molecule has 0 aliphatic carbocycles. The van der Waals surface area contributed by atoms with E-state index in [4.69, 9.17) is 9.05 Å². The summed E-state index contributed by atoms with van der Waals surface area (Å²) in [4.78, 5) is 23.3. The number of nitrogens with one attached hydrogen (secondary N) is 1. The van der Waals surface area contributed by atoms with E-state index >= 15 is 0 Å². The molecule has 0 saturated carbocycles. The van der Waals surface area contributed by atoms with Crippen molar-refractivity contribution in [3.63, 3.8) is 0 Å². The second-order valence-corrected chi connectivity index (χ2v) is 23.8. The summed E-state index contributed by atoms with van der Waals surface area (Å²) < 4.78 is 23.7. The van der Waals surface area contributed by atoms with Crippen molar-refractivity contribution in [3.05, 3.63) is 85.1 Å². The Hall–Kier alpha value is -2.32. The Morgan fingerprint density at radius 2 is 0.813 bits per heavy atom. The molecule has 0 spiro atoms. The standard InChI is InChI=1S/C66H121N2O6P/c1-6-8-10-12-14-16-18-20-22-24-26-28-29-30-31-32-33-34-35-36-37-38-40-41-43-45-47-49-51-53-55-57-59-65(69)64(63-74-75(71,72)73-62-61-68(3,4)5)67-66(70)60-58-56-54-52-50-48-46-44-42-39-27-25-23-21-19-17-15-13-11-9-7-2/h9,11,15,17,21,23,27,39,41,43,49,51,57,59,64-65,69H,6-8,10,12-14,16,18-20,22,24-26,28-38,40,42,44-48,50,52-56,58,60-63H2,1-5H3,(H-,67,70,71,72)/p+1/b11-9-,17-15-,23-21-,39-27-,43-41+,51-49+,59-57+. The molecule has 0 saturated heterocycles. The molecular weight excluding hydrogens is 948 g/mol. The maximum Gasteiger partial charge on any atom is 0.472 e. The Kier molecular flexibility index (Phi) is 54.7. The minimum absolute atomic E-state index is 0.0479. The molecular formula is C66H122N2O6P+. The molecule has 3 N–H and O–H groups in total. The van der Waals surface area contributed by atoms with Crippen LogP contribution in [0.3, 0.4) is 0 Å². The zero-order valence-corrected chi connectivity index (χ0v) is 50.7. The summed E-state index contributed by atoms with van der Waals surface area (Å²) in [6, 6.07) is -0.881. The van der Waals surface area contributed by atoms with E-state index in [-0.39, 0.29) is 19.1 Å². The van der Waals surface area contributed by atoms with Gasteiger partial charge in [0.2, 0.25) is 5.91 Å². The normalized spacial score (nSPS) is 14.4. The van der Waals surface area contributed by atoms with Crippen LogP contribution in [0.4, 0.5) is 0 Å². The lowest BCUT2D eigenvalue weighted by atomic mass is 10.0. The van der Waals surface area contributed by atoms with Crippen LogP contribution in [-0.4, -0.2) is 73.4 Å². The lowest BCUT2D eigenvalue weighted by Gasteiger charge is -2.25. The minimum Gasteiger partial charge on any atom is -0.387 e. The van der Waals surface area contributed by atoms with Crippen LogP contribution in [0.1, 0.15) is 277 Å². The van der Waals surface area contributed by atoms with Gasteiger partial charge in [-0.15, -0.1) is 0 Å². The summed E-state index contributed by atoms with van der Waals surface area (Å²) in [6.07, 6.45) is 80.0. The van der Waals surface area contributed by atoms with Crippen molar-refractivity contribution < 1.29 is 32.9 Å². The maximum absolute atomic E-state index is 13.0. The number of unbranched alkanes of at least 4 members (excludes halogenated alkanes) is 32. The molecule has 0 fully saturated rings. The van der Waals surface area contributed by atoms with E-state index in [9.17, 15) is 19.4 Å². The number of hydrogen-bond donors (Lipinski definition) is 3. The maximum atomic E-state index is 13.0. The van der Waals surface area contributed by atoms with Crippen LogP contribution >= 0.6 is 7.82 Å². The van der Waals surface area contributed by atoms with Gasteiger partial charge < -0.3 is 19.8 Å². The summed E-state index contributed by atoms with van der Waals surface area (Å²) in [5, 5.41) is 13.9. The van der Waals surface area contributed by atoms with Crippen LogP contribution in [0.15, 0.2) is 85.1 Å². The van der Waals surface area contributed by atoms with E-state index in [0.717, 1.165) is 83.5 Å². The van der Waals surface area contributed by atoms with Crippen molar-refractivity contribution in [1.29, 1.82) is 0 Å². The number of hydrogen-bond acceptors (Lipinski definition) is 5. The molecule has 75 heavy (non-hydrogen) atoms. The van der Waals surface area contributed by atoms with E-state index in [1.54, 1.807) is 6.08 Å². The lowest BCUT2D eigenvalue weighted by Crippen LogP contribution is -2.45. The third-order valence-electron chi connectivity index (χ3n) is 13.8. The van der Waals surface area contributed by atoms with Gasteiger partial charge in [-0.05, 0) is 83.5 Å². The van der Waals surface area contributed by atoms with Gasteiger partial charge in [0.25, 0.3) is 0 Å². The van der Waals surface area contributed by atoms with Gasteiger partial charge in [0.15, 0.2) is 0 Å². The largest absolute Gasteiger partial charge is 0.472 e. The van der Waals surface area contributed by atoms with Gasteiger partial charge in [0, 0.05) is 6.42 Å². The van der Waals surface area contributed by atoms with Gasteiger partial charge in [0.1, 0.15) is 13.2 Å². The van der Waals surface area contributed by atoms with Crippen LogP contribution in [0.25, 0.3) is 0 Å². The van der Waals surface area contributed by atoms with E-state index in [1.807, 2.05) is 27.2 Å². The van der Waals surface area contributed by atoms with E-state index in [1.165, 1.54) is 173 Å². The average Bonchev–Trinajstić information content (AvgIpc) is 3.37. The summed E-state index contributed by atoms with van der Waals surface area (Å²) in [7, 11) is 1.53. The topological polar surface area (TPSA) is 105 Å². The number of amides is 1. The molecule has 0 rings (SSSR count). The molecule has 9 heteroatoms. The molecule has 0 radical (unpaired) electrons. The van der Waals surface area contributed by atoms with Crippen molar-refractivity contribution in [1.82, 2.24) is 5.32 Å². The fourth-order valence-electron chi connectivity index (χ4n) is 8.95. The SMILES string of the molecule is CC/C=C\C/C=C\C/C=C\C/C=C\CCCCCCCCCCC(=O)NC(COP(=O)(O)OCC[N+](C)(C)C)C(O)/C=C/CC/C=C/CC/C=C/CCCCCCCCCCCCCCCCCCCCCCCC. The fraction of sp³-hybridized carbons (Fsp3) is 0.773. The highest BCUT2D eigenvalue weighted by Gasteiger charge is 2.27. The Bertz CT molecular complexity index is 1500. The Balaban J connectivity index is 4.21. The monoisotopic (exact) mass is 1070 g/mol. The number of phosphoric acid groups is 1. The predicted molar refractivity (Wildman–Crippen MR) is 327 cm³/mol. The zero-order chi connectivity index (χ0) is 54.9. The third kappa shape index (κ3) is 59.2. The third-order valence-corrected chi connectivity index (χ3v) is 14.8. The predicted octanol–water partition coefficient (Wildman–Crippen LogP) is 19.6. The van der Waals surface area contributed by atoms with Crippen molar-refractivity contribution >= 4 is 13.7 Å². The first-order valence-electron chi connectivity index (χ1n) is 31.5. The van der Waals surface area contributed by atoms with Crippen molar-refractivity contribution in [3.8, 4) is 0 Å². The van der Waals surface area contributed by atoms with E-state index < -0.39 is 20.0 Å². The molecule has 8 nitrogen and oxygen atoms in total. The van der Waals surface area contributed by atoms with Crippen LogP contribution in [0.5, 0.6) is 0 Å². The number of aliphatic hydroxyl groups is 1. The first-order valence-corrected chi connectivity index (χ1v) is 33.0. The number of likely N-dealkylation sites (N-methyl/N-ethyl adjacent to an activating group) is 1. The number of aliphatic hydroxyl groups excluding tert-OH is 1. The van der Waals surface area contributed by atoms with Crippen molar-refractivity contribution in [2.75, 3.05) is 40.9 Å². The van der Waals surface area contributed by atoms with Crippen LogP contribution < -0.4 is 5.32 Å². The number of phosphoric ester groups is 1. The average molecular weight is 1070 g/mol. The highest BCUT2D eigenvalue weighted by atomic mass is 31.2. The Labute approximate surface area is 465 Å². The van der Waals surface area contributed by atoms with Crippen molar-refractivity contribution in [2.45, 2.75) is 289 Å². The van der Waals surface area contributed by atoms with Crippen LogP contribution in [0.2, 0.25) is 0 Å². The zero-order valence-electron chi connectivity index (χ0n) is 49.8. The second-order valence-electron chi connectivity index (χ2n) is 22.4. The molecule has 0 bridgehead atoms. The van der Waals surface area contributed by atoms with Crippen LogP contribution in [0, 0.1) is 0 Å². The number of rotatable bonds is 57. The molecule has 0 aromatic rings. The quantitative estimate of drug-likeness (QED) is 0.0243. The summed E-state index contributed by atoms with van der Waals surface area (Å²) in [5.74, 6) is -0.200. The molecule has 0 aliphatic rings. The van der Waals surface area contributed by atoms with Gasteiger partial charge >= 0.3 is 7.82 Å². The molecule has 0 aromatic heterocycles. The minimum atomic E-state index is -4.37. The number of carbonyl (C=O) groups is 1. The van der Waals surface area contributed by atoms with E-state index in [2.05, 4.69) is 92.1 Å². The van der Waals surface area contributed by atoms with E-state index in [0.29, 0.717) is 17.4 Å². The van der Waals surface area contributed by atoms with Gasteiger partial charge in [-0.1, -0.05) is 272 Å². The highest BCUT2D eigenvalue weighted by molar-refractivity contribution is 7.47. The molecule has 0 aliphatic heterocycles. The summed E-state index contributed by atoms with van der Waals surface area (Å²) >= 11 is 0. The molecule has 1 amide bonds. The van der Waals surface area contributed by atoms with Crippen molar-refractivity contribution in [2.24, 2.45) is 0 Å². The number of quaternary nitrogens is 1. The molecule has 3 atom stereocenters. The van der Waals surface area contributed by atoms with Gasteiger partial charge in [-0.25, -0.2) is 4.57 Å². The lowest BCUT2D eigenvalue weighted by molar-refractivity contribution is -0.870. The van der Waals surface area contributed by atoms with Gasteiger partial charge in [-0.3, -0.25) is 13.8 Å². The first-order chi connectivity index (χ1) is 36.5. The smallest absolute Gasteiger partial charge is 0.387 e. The van der Waals surface area contributed by atoms with Gasteiger partial charge in [-0.2, -0.15) is 0 Å². The summed E-state index contributed by atoms with van der Waals surface area (Å²) in [6.45, 7) is 4.69. The molecule has 0 heterocycles. The first kappa shape index (κ1) is 72.7. The number of carbonyl (C=O) groups excluding carboxylic acids is 1. The highest BCUT2D eigenvalue weighted by Crippen LogP contribution is 2.43. The Morgan fingerprint density at radius 3 is 1.23 bits per heavy atom.